The van der Waals surface area contributed by atoms with Gasteiger partial charge in [-0.2, -0.15) is 0 Å². The van der Waals surface area contributed by atoms with Crippen LogP contribution in [-0.4, -0.2) is 52.8 Å². The van der Waals surface area contributed by atoms with Gasteiger partial charge in [-0.3, -0.25) is 9.59 Å². The first-order valence-electron chi connectivity index (χ1n) is 9.14. The third-order valence-corrected chi connectivity index (χ3v) is 6.44. The van der Waals surface area contributed by atoms with Crippen LogP contribution in [0.5, 0.6) is 0 Å². The molecular formula is C20H17Cl3FN3O2. The number of pyridine rings is 1. The minimum absolute atomic E-state index is 0.00181. The molecule has 152 valence electrons. The van der Waals surface area contributed by atoms with Crippen molar-refractivity contribution < 1.29 is 14.0 Å². The summed E-state index contributed by atoms with van der Waals surface area (Å²) in [7, 11) is 0. The summed E-state index contributed by atoms with van der Waals surface area (Å²) < 4.78 is 13.3. The summed E-state index contributed by atoms with van der Waals surface area (Å²) in [5.41, 5.74) is 0.538. The molecule has 2 saturated heterocycles. The summed E-state index contributed by atoms with van der Waals surface area (Å²) >= 11 is 17.8. The molecule has 2 aliphatic rings. The van der Waals surface area contributed by atoms with Crippen molar-refractivity contribution in [1.29, 1.82) is 0 Å². The van der Waals surface area contributed by atoms with Crippen LogP contribution in [0.15, 0.2) is 30.3 Å². The van der Waals surface area contributed by atoms with Gasteiger partial charge in [0.2, 0.25) is 0 Å². The Morgan fingerprint density at radius 1 is 0.931 bits per heavy atom. The molecule has 1 spiro atoms. The maximum absolute atomic E-state index is 13.3. The molecule has 5 nitrogen and oxygen atoms in total. The minimum Gasteiger partial charge on any atom is -0.337 e. The lowest BCUT2D eigenvalue weighted by atomic mass is 9.71. The molecule has 29 heavy (non-hydrogen) atoms. The van der Waals surface area contributed by atoms with Crippen molar-refractivity contribution in [2.45, 2.75) is 12.8 Å². The Morgan fingerprint density at radius 3 is 2.28 bits per heavy atom. The second-order valence-corrected chi connectivity index (χ2v) is 8.75. The van der Waals surface area contributed by atoms with Gasteiger partial charge in [0, 0.05) is 37.2 Å². The minimum atomic E-state index is -0.547. The third-order valence-electron chi connectivity index (χ3n) is 5.63. The predicted molar refractivity (Wildman–Crippen MR) is 109 cm³/mol. The number of likely N-dealkylation sites (tertiary alicyclic amines) is 2. The predicted octanol–water partition coefficient (Wildman–Crippen LogP) is 4.56. The number of amides is 2. The second kappa shape index (κ2) is 7.74. The van der Waals surface area contributed by atoms with Gasteiger partial charge in [-0.1, -0.05) is 34.8 Å². The van der Waals surface area contributed by atoms with E-state index in [1.54, 1.807) is 21.9 Å². The van der Waals surface area contributed by atoms with E-state index in [4.69, 9.17) is 34.8 Å². The monoisotopic (exact) mass is 455 g/mol. The van der Waals surface area contributed by atoms with Crippen molar-refractivity contribution in [2.75, 3.05) is 26.2 Å². The molecule has 0 unspecified atom stereocenters. The Bertz CT molecular complexity index is 985. The Hall–Kier alpha value is -1.89. The number of nitrogens with zero attached hydrogens (tertiary/aromatic N) is 3. The fraction of sp³-hybridized carbons (Fsp3) is 0.350. The molecule has 2 aliphatic heterocycles. The molecule has 1 aromatic heterocycles. The van der Waals surface area contributed by atoms with Gasteiger partial charge >= 0.3 is 0 Å². The topological polar surface area (TPSA) is 53.5 Å². The van der Waals surface area contributed by atoms with Crippen molar-refractivity contribution in [1.82, 2.24) is 14.8 Å². The average Bonchev–Trinajstić information content (AvgIpc) is 2.69. The normalized spacial score (nSPS) is 17.9. The number of halogens is 4. The van der Waals surface area contributed by atoms with Crippen LogP contribution in [0.4, 0.5) is 4.39 Å². The number of benzene rings is 1. The molecule has 9 heteroatoms. The van der Waals surface area contributed by atoms with Crippen molar-refractivity contribution in [3.05, 3.63) is 62.6 Å². The van der Waals surface area contributed by atoms with E-state index >= 15 is 0 Å². The molecule has 0 radical (unpaired) electrons. The van der Waals surface area contributed by atoms with Crippen LogP contribution in [0.2, 0.25) is 15.2 Å². The molecule has 0 bridgehead atoms. The zero-order valence-corrected chi connectivity index (χ0v) is 17.6. The van der Waals surface area contributed by atoms with Crippen molar-refractivity contribution in [2.24, 2.45) is 5.41 Å². The van der Waals surface area contributed by atoms with Crippen LogP contribution in [0.25, 0.3) is 0 Å². The standard InChI is InChI=1S/C20H17Cl3FN3O2/c21-13-2-4-16(23)25-17(13)19(29)26-7-5-20(6-8-26)10-27(11-20)18(28)12-1-3-15(24)14(22)9-12/h1-4,9H,5-8,10-11H2. The zero-order valence-electron chi connectivity index (χ0n) is 15.3. The molecule has 0 aliphatic carbocycles. The van der Waals surface area contributed by atoms with Crippen LogP contribution in [-0.2, 0) is 0 Å². The highest BCUT2D eigenvalue weighted by molar-refractivity contribution is 6.34. The van der Waals surface area contributed by atoms with Crippen LogP contribution in [0.3, 0.4) is 0 Å². The van der Waals surface area contributed by atoms with Crippen molar-refractivity contribution >= 4 is 46.6 Å². The average molecular weight is 457 g/mol. The molecule has 3 heterocycles. The number of aromatic nitrogens is 1. The molecule has 0 saturated carbocycles. The van der Waals surface area contributed by atoms with Gasteiger partial charge in [0.05, 0.1) is 10.0 Å². The quantitative estimate of drug-likeness (QED) is 0.623. The van der Waals surface area contributed by atoms with Gasteiger partial charge in [0.25, 0.3) is 11.8 Å². The molecule has 0 N–H and O–H groups in total. The molecule has 4 rings (SSSR count). The summed E-state index contributed by atoms with van der Waals surface area (Å²) in [5.74, 6) is -0.943. The second-order valence-electron chi connectivity index (χ2n) is 7.55. The number of carbonyl (C=O) groups excluding carboxylic acids is 2. The lowest BCUT2D eigenvalue weighted by molar-refractivity contribution is -0.0288. The van der Waals surface area contributed by atoms with E-state index in [0.717, 1.165) is 12.8 Å². The Morgan fingerprint density at radius 2 is 1.62 bits per heavy atom. The smallest absolute Gasteiger partial charge is 0.274 e. The molecular weight excluding hydrogens is 440 g/mol. The van der Waals surface area contributed by atoms with Gasteiger partial charge in [-0.05, 0) is 43.2 Å². The lowest BCUT2D eigenvalue weighted by Gasteiger charge is -2.54. The fourth-order valence-corrected chi connectivity index (χ4v) is 4.45. The summed E-state index contributed by atoms with van der Waals surface area (Å²) in [6.45, 7) is 2.35. The van der Waals surface area contributed by atoms with Gasteiger partial charge < -0.3 is 9.80 Å². The Labute approximate surface area is 182 Å². The van der Waals surface area contributed by atoms with E-state index in [1.807, 2.05) is 0 Å². The maximum Gasteiger partial charge on any atom is 0.274 e. The highest BCUT2D eigenvalue weighted by atomic mass is 35.5. The SMILES string of the molecule is O=C(c1ccc(F)c(Cl)c1)N1CC2(CCN(C(=O)c3nc(Cl)ccc3Cl)CC2)C1. The summed E-state index contributed by atoms with van der Waals surface area (Å²) in [6.07, 6.45) is 1.57. The first kappa shape index (κ1) is 20.4. The number of carbonyl (C=O) groups is 2. The highest BCUT2D eigenvalue weighted by Gasteiger charge is 2.47. The van der Waals surface area contributed by atoms with E-state index < -0.39 is 5.82 Å². The van der Waals surface area contributed by atoms with E-state index in [1.165, 1.54) is 18.2 Å². The number of piperidine rings is 1. The fourth-order valence-electron chi connectivity index (χ4n) is 3.94. The van der Waals surface area contributed by atoms with E-state index in [9.17, 15) is 14.0 Å². The Balaban J connectivity index is 1.36. The summed E-state index contributed by atoms with van der Waals surface area (Å²) in [4.78, 5) is 32.8. The highest BCUT2D eigenvalue weighted by Crippen LogP contribution is 2.41. The van der Waals surface area contributed by atoms with Gasteiger partial charge in [0.1, 0.15) is 16.7 Å². The van der Waals surface area contributed by atoms with Gasteiger partial charge in [-0.25, -0.2) is 9.37 Å². The molecule has 2 amide bonds. The third kappa shape index (κ3) is 3.93. The molecule has 1 aromatic carbocycles. The van der Waals surface area contributed by atoms with E-state index in [0.29, 0.717) is 31.7 Å². The summed E-state index contributed by atoms with van der Waals surface area (Å²) in [5, 5.41) is 0.435. The van der Waals surface area contributed by atoms with Crippen LogP contribution in [0.1, 0.15) is 33.7 Å². The molecule has 2 aromatic rings. The summed E-state index contributed by atoms with van der Waals surface area (Å²) in [6, 6.07) is 7.10. The van der Waals surface area contributed by atoms with Gasteiger partial charge in [0.15, 0.2) is 0 Å². The number of hydrogen-bond donors (Lipinski definition) is 0. The molecule has 2 fully saturated rings. The maximum atomic E-state index is 13.3. The van der Waals surface area contributed by atoms with Crippen molar-refractivity contribution in [3.63, 3.8) is 0 Å². The number of hydrogen-bond acceptors (Lipinski definition) is 3. The lowest BCUT2D eigenvalue weighted by Crippen LogP contribution is -2.62. The van der Waals surface area contributed by atoms with Crippen LogP contribution < -0.4 is 0 Å². The van der Waals surface area contributed by atoms with Gasteiger partial charge in [-0.15, -0.1) is 0 Å². The van der Waals surface area contributed by atoms with E-state index in [2.05, 4.69) is 4.98 Å². The largest absolute Gasteiger partial charge is 0.337 e. The number of rotatable bonds is 2. The zero-order chi connectivity index (χ0) is 20.8. The first-order valence-corrected chi connectivity index (χ1v) is 10.3. The molecule has 0 atom stereocenters. The Kier molecular flexibility index (Phi) is 5.44. The van der Waals surface area contributed by atoms with Crippen molar-refractivity contribution in [3.8, 4) is 0 Å². The van der Waals surface area contributed by atoms with Crippen LogP contribution >= 0.6 is 34.8 Å². The van der Waals surface area contributed by atoms with E-state index in [-0.39, 0.29) is 38.1 Å². The van der Waals surface area contributed by atoms with Crippen LogP contribution in [0, 0.1) is 11.2 Å². The first-order chi connectivity index (χ1) is 13.8.